The quantitative estimate of drug-likeness (QED) is 0.516. The summed E-state index contributed by atoms with van der Waals surface area (Å²) in [4.78, 5) is 27.7. The summed E-state index contributed by atoms with van der Waals surface area (Å²) in [5.74, 6) is -1.58. The number of nitrogens with one attached hydrogen (secondary N) is 2. The molecule has 0 spiro atoms. The summed E-state index contributed by atoms with van der Waals surface area (Å²) >= 11 is 0. The predicted octanol–water partition coefficient (Wildman–Crippen LogP) is 5.60. The summed E-state index contributed by atoms with van der Waals surface area (Å²) in [6.45, 7) is 0.149. The number of hydrogen-bond donors (Lipinski definition) is 2. The zero-order valence-corrected chi connectivity index (χ0v) is 18.6. The molecule has 0 saturated carbocycles. The summed E-state index contributed by atoms with van der Waals surface area (Å²) in [5.41, 5.74) is 1.43. The Morgan fingerprint density at radius 1 is 0.941 bits per heavy atom. The summed E-state index contributed by atoms with van der Waals surface area (Å²) in [7, 11) is 1.57. The van der Waals surface area contributed by atoms with Crippen molar-refractivity contribution in [1.29, 1.82) is 0 Å². The van der Waals surface area contributed by atoms with Crippen molar-refractivity contribution in [1.82, 2.24) is 4.90 Å². The zero-order chi connectivity index (χ0) is 24.1. The molecule has 2 atom stereocenters. The molecule has 0 aliphatic carbocycles. The molecule has 1 saturated heterocycles. The molecule has 2 unspecified atom stereocenters. The molecule has 0 bridgehead atoms. The average molecular weight is 466 g/mol. The maximum Gasteiger partial charge on any atom is 0.322 e. The van der Waals surface area contributed by atoms with Crippen LogP contribution in [0.4, 0.5) is 25.0 Å². The number of anilines is 2. The average Bonchev–Trinajstić information content (AvgIpc) is 2.86. The van der Waals surface area contributed by atoms with E-state index in [-0.39, 0.29) is 24.2 Å². The van der Waals surface area contributed by atoms with E-state index >= 15 is 0 Å². The Morgan fingerprint density at radius 3 is 2.35 bits per heavy atom. The van der Waals surface area contributed by atoms with E-state index in [9.17, 15) is 18.4 Å². The van der Waals surface area contributed by atoms with Gasteiger partial charge in [0.1, 0.15) is 17.4 Å². The minimum Gasteiger partial charge on any atom is -0.497 e. The lowest BCUT2D eigenvalue weighted by Gasteiger charge is -2.39. The number of methoxy groups -OCH3 is 1. The van der Waals surface area contributed by atoms with Crippen LogP contribution in [0.2, 0.25) is 0 Å². The standard InChI is InChI=1S/C26H25F2N3O3/c1-34-21-11-9-20(10-12-21)29-25(32)18-7-14-24(17-5-3-2-4-6-17)31(16-18)26(33)30-23-13-8-19(27)15-22(23)28/h2-6,8-13,15,18,24H,7,14,16H2,1H3,(H,29,32)(H,30,33). The molecule has 8 heteroatoms. The van der Waals surface area contributed by atoms with Crippen LogP contribution in [0.3, 0.4) is 0 Å². The van der Waals surface area contributed by atoms with Gasteiger partial charge in [0.05, 0.1) is 24.8 Å². The monoisotopic (exact) mass is 465 g/mol. The molecule has 1 aliphatic rings. The van der Waals surface area contributed by atoms with Crippen LogP contribution in [0.15, 0.2) is 72.8 Å². The summed E-state index contributed by atoms with van der Waals surface area (Å²) in [6.07, 6.45) is 1.14. The van der Waals surface area contributed by atoms with Gasteiger partial charge in [-0.1, -0.05) is 30.3 Å². The number of carbonyl (C=O) groups excluding carboxylic acids is 2. The van der Waals surface area contributed by atoms with Crippen molar-refractivity contribution < 1.29 is 23.1 Å². The van der Waals surface area contributed by atoms with E-state index in [2.05, 4.69) is 10.6 Å². The summed E-state index contributed by atoms with van der Waals surface area (Å²) in [5, 5.41) is 5.42. The SMILES string of the molecule is COc1ccc(NC(=O)C2CCC(c3ccccc3)N(C(=O)Nc3ccc(F)cc3F)C2)cc1. The second-order valence-electron chi connectivity index (χ2n) is 8.13. The second-order valence-corrected chi connectivity index (χ2v) is 8.13. The van der Waals surface area contributed by atoms with E-state index in [1.54, 1.807) is 36.3 Å². The maximum atomic E-state index is 14.2. The molecule has 34 heavy (non-hydrogen) atoms. The predicted molar refractivity (Wildman–Crippen MR) is 126 cm³/mol. The number of ether oxygens (including phenoxy) is 1. The van der Waals surface area contributed by atoms with E-state index < -0.39 is 23.6 Å². The molecule has 0 radical (unpaired) electrons. The Morgan fingerprint density at radius 2 is 1.68 bits per heavy atom. The number of halogens is 2. The van der Waals surface area contributed by atoms with Crippen molar-refractivity contribution >= 4 is 23.3 Å². The zero-order valence-electron chi connectivity index (χ0n) is 18.6. The first-order valence-electron chi connectivity index (χ1n) is 11.0. The van der Waals surface area contributed by atoms with Crippen LogP contribution in [-0.4, -0.2) is 30.5 Å². The Balaban J connectivity index is 1.52. The fourth-order valence-electron chi connectivity index (χ4n) is 4.13. The van der Waals surface area contributed by atoms with Gasteiger partial charge in [-0.25, -0.2) is 13.6 Å². The van der Waals surface area contributed by atoms with Gasteiger partial charge in [0.15, 0.2) is 0 Å². The molecule has 0 aromatic heterocycles. The lowest BCUT2D eigenvalue weighted by Crippen LogP contribution is -2.47. The van der Waals surface area contributed by atoms with Crippen LogP contribution in [0.5, 0.6) is 5.75 Å². The Hall–Kier alpha value is -3.94. The van der Waals surface area contributed by atoms with Gasteiger partial charge in [-0.05, 0) is 54.8 Å². The van der Waals surface area contributed by atoms with E-state index in [0.717, 1.165) is 11.6 Å². The number of amides is 3. The highest BCUT2D eigenvalue weighted by molar-refractivity contribution is 5.94. The normalized spacial score (nSPS) is 17.7. The molecule has 176 valence electrons. The molecule has 1 heterocycles. The second kappa shape index (κ2) is 10.3. The highest BCUT2D eigenvalue weighted by Gasteiger charge is 2.36. The smallest absolute Gasteiger partial charge is 0.322 e. The van der Waals surface area contributed by atoms with Crippen molar-refractivity contribution in [3.63, 3.8) is 0 Å². The van der Waals surface area contributed by atoms with Gasteiger partial charge in [0.25, 0.3) is 0 Å². The van der Waals surface area contributed by atoms with Crippen molar-refractivity contribution in [2.75, 3.05) is 24.3 Å². The maximum absolute atomic E-state index is 14.2. The molecule has 3 aromatic carbocycles. The Kier molecular flexibility index (Phi) is 7.06. The minimum absolute atomic E-state index is 0.122. The summed E-state index contributed by atoms with van der Waals surface area (Å²) in [6, 6.07) is 18.6. The van der Waals surface area contributed by atoms with Crippen LogP contribution in [-0.2, 0) is 4.79 Å². The number of benzene rings is 3. The fourth-order valence-corrected chi connectivity index (χ4v) is 4.13. The molecule has 3 amide bonds. The van der Waals surface area contributed by atoms with Gasteiger partial charge < -0.3 is 20.3 Å². The third-order valence-electron chi connectivity index (χ3n) is 5.93. The molecule has 4 rings (SSSR count). The van der Waals surface area contributed by atoms with E-state index in [1.165, 1.54) is 6.07 Å². The first-order valence-corrected chi connectivity index (χ1v) is 11.0. The molecular formula is C26H25F2N3O3. The van der Waals surface area contributed by atoms with Crippen molar-refractivity contribution in [3.8, 4) is 5.75 Å². The van der Waals surface area contributed by atoms with E-state index in [0.29, 0.717) is 30.3 Å². The van der Waals surface area contributed by atoms with Gasteiger partial charge in [0, 0.05) is 18.3 Å². The summed E-state index contributed by atoms with van der Waals surface area (Å²) < 4.78 is 32.6. The number of piperidine rings is 1. The van der Waals surface area contributed by atoms with Crippen molar-refractivity contribution in [3.05, 3.63) is 90.0 Å². The molecule has 2 N–H and O–H groups in total. The van der Waals surface area contributed by atoms with Gasteiger partial charge in [-0.15, -0.1) is 0 Å². The van der Waals surface area contributed by atoms with Crippen LogP contribution >= 0.6 is 0 Å². The largest absolute Gasteiger partial charge is 0.497 e. The lowest BCUT2D eigenvalue weighted by atomic mass is 9.88. The number of urea groups is 1. The first-order chi connectivity index (χ1) is 16.4. The number of rotatable bonds is 5. The minimum atomic E-state index is -0.865. The fraction of sp³-hybridized carbons (Fsp3) is 0.231. The van der Waals surface area contributed by atoms with Gasteiger partial charge in [0.2, 0.25) is 5.91 Å². The van der Waals surface area contributed by atoms with Crippen molar-refractivity contribution in [2.24, 2.45) is 5.92 Å². The van der Waals surface area contributed by atoms with Gasteiger partial charge in [-0.2, -0.15) is 0 Å². The number of likely N-dealkylation sites (tertiary alicyclic amines) is 1. The van der Waals surface area contributed by atoms with E-state index in [4.69, 9.17) is 4.74 Å². The molecule has 3 aromatic rings. The third kappa shape index (κ3) is 5.33. The Bertz CT molecular complexity index is 1160. The Labute approximate surface area is 196 Å². The van der Waals surface area contributed by atoms with Crippen LogP contribution in [0.25, 0.3) is 0 Å². The van der Waals surface area contributed by atoms with Crippen LogP contribution in [0, 0.1) is 17.6 Å². The molecule has 6 nitrogen and oxygen atoms in total. The van der Waals surface area contributed by atoms with Crippen LogP contribution in [0.1, 0.15) is 24.4 Å². The molecule has 1 aliphatic heterocycles. The number of nitrogens with zero attached hydrogens (tertiary/aromatic N) is 1. The third-order valence-corrected chi connectivity index (χ3v) is 5.93. The lowest BCUT2D eigenvalue weighted by molar-refractivity contribution is -0.121. The van der Waals surface area contributed by atoms with E-state index in [1.807, 2.05) is 30.3 Å². The molecular weight excluding hydrogens is 440 g/mol. The highest BCUT2D eigenvalue weighted by atomic mass is 19.1. The van der Waals surface area contributed by atoms with Gasteiger partial charge in [-0.3, -0.25) is 4.79 Å². The first kappa shape index (κ1) is 23.2. The topological polar surface area (TPSA) is 70.7 Å². The van der Waals surface area contributed by atoms with Crippen molar-refractivity contribution in [2.45, 2.75) is 18.9 Å². The molecule has 1 fully saturated rings. The van der Waals surface area contributed by atoms with Crippen LogP contribution < -0.4 is 15.4 Å². The highest BCUT2D eigenvalue weighted by Crippen LogP contribution is 2.34. The van der Waals surface area contributed by atoms with Gasteiger partial charge >= 0.3 is 6.03 Å². The number of carbonyl (C=O) groups is 2. The number of hydrogen-bond acceptors (Lipinski definition) is 3.